The van der Waals surface area contributed by atoms with Crippen molar-refractivity contribution >= 4 is 34.3 Å². The van der Waals surface area contributed by atoms with Gasteiger partial charge < -0.3 is 28.0 Å². The molecule has 0 aliphatic heterocycles. The van der Waals surface area contributed by atoms with Gasteiger partial charge in [-0.3, -0.25) is 14.5 Å². The highest BCUT2D eigenvalue weighted by Gasteiger charge is 2.67. The third-order valence-corrected chi connectivity index (χ3v) is 22.4. The molecule has 0 radical (unpaired) electrons. The fourth-order valence-electron chi connectivity index (χ4n) is 8.20. The van der Waals surface area contributed by atoms with Gasteiger partial charge in [0.2, 0.25) is 5.78 Å². The molecule has 57 heavy (non-hydrogen) atoms. The molecule has 308 valence electrons. The van der Waals surface area contributed by atoms with E-state index < -0.39 is 45.9 Å². The second-order valence-corrected chi connectivity index (χ2v) is 28.8. The lowest BCUT2D eigenvalue weighted by Crippen LogP contribution is -2.65. The number of rotatable bonds is 11. The molecule has 0 amide bonds. The molecule has 0 bridgehead atoms. The van der Waals surface area contributed by atoms with Crippen LogP contribution < -0.4 is 9.47 Å². The molecule has 0 saturated carbocycles. The number of ether oxygens (including phenoxy) is 2. The monoisotopic (exact) mass is 814 g/mol. The van der Waals surface area contributed by atoms with Gasteiger partial charge in [0.25, 0.3) is 5.88 Å². The lowest BCUT2D eigenvalue weighted by molar-refractivity contribution is -0.0480. The largest absolute Gasteiger partial charge is 0.508 e. The van der Waals surface area contributed by atoms with Crippen LogP contribution in [-0.2, 0) is 21.9 Å². The second kappa shape index (κ2) is 15.1. The Kier molecular flexibility index (Phi) is 11.3. The number of hydrogen-bond donors (Lipinski definition) is 1. The van der Waals surface area contributed by atoms with E-state index in [4.69, 9.17) is 22.8 Å². The maximum Gasteiger partial charge on any atom is 0.265 e. The number of benzene rings is 2. The zero-order chi connectivity index (χ0) is 42.0. The fraction of sp³-hybridized carbons (Fsp3) is 0.533. The Balaban J connectivity index is 1.51. The molecule has 12 heteroatoms. The van der Waals surface area contributed by atoms with Crippen molar-refractivity contribution in [2.24, 2.45) is 11.8 Å². The van der Waals surface area contributed by atoms with E-state index in [-0.39, 0.29) is 45.2 Å². The van der Waals surface area contributed by atoms with E-state index in [2.05, 4.69) is 72.9 Å². The number of carbonyl (C=O) groups is 2. The smallest absolute Gasteiger partial charge is 0.265 e. The first-order valence-corrected chi connectivity index (χ1v) is 25.9. The summed E-state index contributed by atoms with van der Waals surface area (Å²) in [5.74, 6) is -1.13. The van der Waals surface area contributed by atoms with Gasteiger partial charge in [0.1, 0.15) is 23.7 Å². The summed E-state index contributed by atoms with van der Waals surface area (Å²) in [5.41, 5.74) is 2.26. The van der Waals surface area contributed by atoms with Crippen LogP contribution in [0, 0.1) is 18.8 Å². The van der Waals surface area contributed by atoms with Gasteiger partial charge in [-0.1, -0.05) is 84.0 Å². The fourth-order valence-corrected chi connectivity index (χ4v) is 10.6. The van der Waals surface area contributed by atoms with E-state index in [0.29, 0.717) is 36.5 Å². The number of aliphatic hydroxyl groups is 1. The number of methoxy groups -OCH3 is 1. The second-order valence-electron chi connectivity index (χ2n) is 19.3. The number of aromatic nitrogens is 1. The lowest BCUT2D eigenvalue weighted by Gasteiger charge is -2.55. The number of ketones is 2. The molecule has 2 aromatic carbocycles. The average Bonchev–Trinajstić information content (AvgIpc) is 3.53. The minimum Gasteiger partial charge on any atom is -0.508 e. The van der Waals surface area contributed by atoms with Crippen LogP contribution in [0.3, 0.4) is 0 Å². The molecule has 6 rings (SSSR count). The van der Waals surface area contributed by atoms with E-state index in [0.717, 1.165) is 22.3 Å². The molecule has 0 unspecified atom stereocenters. The first kappa shape index (κ1) is 42.8. The van der Waals surface area contributed by atoms with Crippen LogP contribution in [0.15, 0.2) is 58.3 Å². The van der Waals surface area contributed by atoms with Gasteiger partial charge >= 0.3 is 0 Å². The highest BCUT2D eigenvalue weighted by molar-refractivity contribution is 6.74. The van der Waals surface area contributed by atoms with Crippen molar-refractivity contribution in [3.63, 3.8) is 0 Å². The number of fused-ring (bicyclic) bond motifs is 4. The van der Waals surface area contributed by atoms with E-state index >= 15 is 9.59 Å². The van der Waals surface area contributed by atoms with Gasteiger partial charge in [-0.05, 0) is 104 Å². The van der Waals surface area contributed by atoms with Crippen molar-refractivity contribution in [1.29, 1.82) is 0 Å². The lowest BCUT2D eigenvalue weighted by atomic mass is 9.58. The van der Waals surface area contributed by atoms with Gasteiger partial charge in [-0.15, -0.1) is 0 Å². The van der Waals surface area contributed by atoms with Crippen LogP contribution in [0.4, 0.5) is 0 Å². The molecular weight excluding hydrogens is 753 g/mol. The molecule has 0 fully saturated rings. The Morgan fingerprint density at radius 1 is 1.00 bits per heavy atom. The third kappa shape index (κ3) is 7.30. The van der Waals surface area contributed by atoms with Gasteiger partial charge in [-0.25, -0.2) is 0 Å². The van der Waals surface area contributed by atoms with Crippen molar-refractivity contribution in [3.05, 3.63) is 92.9 Å². The van der Waals surface area contributed by atoms with Crippen LogP contribution in [0.1, 0.15) is 103 Å². The first-order chi connectivity index (χ1) is 26.5. The SMILES string of the molecule is COc1cc(C=CCO[Si](C)(C)C(C)(C)C)c(C)c2c1C[C@H]1C[C@H]3[C@H](N(C)C)c4onc(OCc5ccccc5)c4C(=O)[C@@]3(O[Si](C)(C)C(C)(C)C)C(O)=C1C2=O. The predicted octanol–water partition coefficient (Wildman–Crippen LogP) is 10.1. The van der Waals surface area contributed by atoms with Gasteiger partial charge in [0.05, 0.1) is 19.8 Å². The minimum atomic E-state index is -2.85. The number of aliphatic hydroxyl groups excluding tert-OH is 1. The van der Waals surface area contributed by atoms with Crippen LogP contribution >= 0.6 is 0 Å². The topological polar surface area (TPSA) is 121 Å². The third-order valence-electron chi connectivity index (χ3n) is 13.5. The Morgan fingerprint density at radius 2 is 1.65 bits per heavy atom. The maximum absolute atomic E-state index is 15.5. The number of carbonyl (C=O) groups excluding carboxylic acids is 2. The summed E-state index contributed by atoms with van der Waals surface area (Å²) < 4.78 is 31.9. The van der Waals surface area contributed by atoms with Gasteiger partial charge in [0, 0.05) is 22.6 Å². The Bertz CT molecular complexity index is 2100. The summed E-state index contributed by atoms with van der Waals surface area (Å²) in [6.07, 6.45) is 4.79. The zero-order valence-corrected chi connectivity index (χ0v) is 38.4. The van der Waals surface area contributed by atoms with Crippen LogP contribution in [0.5, 0.6) is 11.6 Å². The molecule has 10 nitrogen and oxygen atoms in total. The standard InChI is InChI=1S/C45H62N2O8Si2/c1-27-29(21-18-22-53-56(11,12)43(2,3)4)25-33(51-10)31-23-30-24-32-37(47(8)9)39-36(42(46-54-39)52-26-28-19-16-15-17-20-28)41(50)45(32,55-57(13,14)44(5,6)7)40(49)35(30)38(48)34(27)31/h15-21,25,30,32,37,49H,22-24,26H2,1-14H3/t30-,32-,37-,45-/m0/s1. The number of allylic oxidation sites excluding steroid dienone is 1. The summed E-state index contributed by atoms with van der Waals surface area (Å²) in [7, 11) is 0.645. The molecule has 3 aliphatic carbocycles. The summed E-state index contributed by atoms with van der Waals surface area (Å²) in [6.45, 7) is 24.0. The van der Waals surface area contributed by atoms with E-state index in [1.165, 1.54) is 0 Å². The molecule has 3 aromatic rings. The molecule has 3 aliphatic rings. The van der Waals surface area contributed by atoms with Crippen molar-refractivity contribution < 1.29 is 37.5 Å². The summed E-state index contributed by atoms with van der Waals surface area (Å²) in [5, 5.41) is 17.0. The summed E-state index contributed by atoms with van der Waals surface area (Å²) in [6, 6.07) is 11.1. The highest BCUT2D eigenvalue weighted by Crippen LogP contribution is 2.60. The molecule has 1 N–H and O–H groups in total. The normalized spacial score (nSPS) is 22.8. The molecule has 0 spiro atoms. The van der Waals surface area contributed by atoms with Gasteiger partial charge in [0.15, 0.2) is 33.8 Å². The van der Waals surface area contributed by atoms with E-state index in [9.17, 15) is 5.11 Å². The van der Waals surface area contributed by atoms with Crippen molar-refractivity contribution in [3.8, 4) is 11.6 Å². The van der Waals surface area contributed by atoms with E-state index in [1.54, 1.807) is 7.11 Å². The van der Waals surface area contributed by atoms with E-state index in [1.807, 2.05) is 74.5 Å². The number of hydrogen-bond acceptors (Lipinski definition) is 10. The van der Waals surface area contributed by atoms with Crippen molar-refractivity contribution in [1.82, 2.24) is 10.1 Å². The molecule has 4 atom stereocenters. The summed E-state index contributed by atoms with van der Waals surface area (Å²) in [4.78, 5) is 32.7. The molecule has 1 aromatic heterocycles. The molecule has 1 heterocycles. The van der Waals surface area contributed by atoms with Crippen LogP contribution in [0.2, 0.25) is 36.3 Å². The predicted molar refractivity (Wildman–Crippen MR) is 228 cm³/mol. The Morgan fingerprint density at radius 3 is 2.25 bits per heavy atom. The Hall–Kier alpha value is -3.82. The quantitative estimate of drug-likeness (QED) is 0.187. The average molecular weight is 815 g/mol. The zero-order valence-electron chi connectivity index (χ0n) is 36.4. The molecule has 0 saturated heterocycles. The van der Waals surface area contributed by atoms with Crippen LogP contribution in [-0.4, -0.2) is 76.8 Å². The summed E-state index contributed by atoms with van der Waals surface area (Å²) >= 11 is 0. The Labute approximate surface area is 340 Å². The highest BCUT2D eigenvalue weighted by atomic mass is 28.4. The number of nitrogens with zero attached hydrogens (tertiary/aromatic N) is 2. The maximum atomic E-state index is 15.5. The minimum absolute atomic E-state index is 0.0390. The molecular formula is C45H62N2O8Si2. The number of Topliss-reactive ketones (excluding diaryl/α,β-unsaturated/α-hetero) is 2. The first-order valence-electron chi connectivity index (χ1n) is 20.1. The van der Waals surface area contributed by atoms with Crippen LogP contribution in [0.25, 0.3) is 6.08 Å². The van der Waals surface area contributed by atoms with Crippen molar-refractivity contribution in [2.75, 3.05) is 27.8 Å². The van der Waals surface area contributed by atoms with Gasteiger partial charge in [-0.2, -0.15) is 0 Å². The van der Waals surface area contributed by atoms with Crippen molar-refractivity contribution in [2.45, 2.75) is 116 Å².